The van der Waals surface area contributed by atoms with Gasteiger partial charge in [0.2, 0.25) is 0 Å². The number of benzene rings is 2. The van der Waals surface area contributed by atoms with E-state index in [0.29, 0.717) is 11.5 Å². The summed E-state index contributed by atoms with van der Waals surface area (Å²) in [5, 5.41) is 0. The number of carbonyl (C=O) groups is 1. The van der Waals surface area contributed by atoms with Crippen molar-refractivity contribution in [1.82, 2.24) is 0 Å². The maximum Gasteiger partial charge on any atom is 0.438 e. The van der Waals surface area contributed by atoms with Crippen molar-refractivity contribution in [3.63, 3.8) is 0 Å². The molecule has 0 fully saturated rings. The van der Waals surface area contributed by atoms with Gasteiger partial charge in [0.25, 0.3) is 0 Å². The molecule has 0 spiro atoms. The third-order valence-corrected chi connectivity index (χ3v) is 5.38. The van der Waals surface area contributed by atoms with Gasteiger partial charge in [-0.2, -0.15) is 0 Å². The largest absolute Gasteiger partial charge is 0.438 e. The van der Waals surface area contributed by atoms with E-state index in [1.807, 2.05) is 50.2 Å². The van der Waals surface area contributed by atoms with Crippen LogP contribution in [0.3, 0.4) is 0 Å². The van der Waals surface area contributed by atoms with Crippen molar-refractivity contribution in [1.29, 1.82) is 0 Å². The molecule has 2 aromatic carbocycles. The van der Waals surface area contributed by atoms with Crippen molar-refractivity contribution in [2.24, 2.45) is 0 Å². The zero-order valence-corrected chi connectivity index (χ0v) is 15.2. The normalized spacial score (nSPS) is 11.1. The van der Waals surface area contributed by atoms with Gasteiger partial charge in [-0.05, 0) is 43.0 Å². The fourth-order valence-electron chi connectivity index (χ4n) is 2.43. The molecule has 0 N–H and O–H groups in total. The van der Waals surface area contributed by atoms with E-state index in [2.05, 4.69) is 0 Å². The summed E-state index contributed by atoms with van der Waals surface area (Å²) in [4.78, 5) is 11.6. The van der Waals surface area contributed by atoms with Crippen molar-refractivity contribution >= 4 is 13.4 Å². The van der Waals surface area contributed by atoms with Gasteiger partial charge in [0.15, 0.2) is 0 Å². The Kier molecular flexibility index (Phi) is 6.22. The van der Waals surface area contributed by atoms with Crippen LogP contribution >= 0.6 is 7.60 Å². The first-order chi connectivity index (χ1) is 11.5. The van der Waals surface area contributed by atoms with Crippen molar-refractivity contribution in [2.75, 3.05) is 6.16 Å². The van der Waals surface area contributed by atoms with Crippen LogP contribution in [0, 0.1) is 0 Å². The fraction of sp³-hybridized carbons (Fsp3) is 0.316. The monoisotopic (exact) mass is 346 g/mol. The molecule has 0 saturated heterocycles. The minimum Gasteiger partial charge on any atom is -0.415 e. The van der Waals surface area contributed by atoms with Crippen LogP contribution in [0.4, 0.5) is 0 Å². The summed E-state index contributed by atoms with van der Waals surface area (Å²) in [6, 6.07) is 14.7. The number of carbonyl (C=O) groups excluding carboxylic acids is 1. The summed E-state index contributed by atoms with van der Waals surface area (Å²) in [6.45, 7) is 5.37. The van der Waals surface area contributed by atoms with Gasteiger partial charge in [-0.25, -0.2) is 4.57 Å². The predicted octanol–water partition coefficient (Wildman–Crippen LogP) is 5.05. The standard InChI is InChI=1S/C19H23O4P/c1-4-16-10-6-8-12-18(16)22-24(21,14-15(3)20)23-19-13-9-7-11-17(19)5-2/h6-13H,4-5,14H2,1-3H3. The quantitative estimate of drug-likeness (QED) is 0.628. The van der Waals surface area contributed by atoms with Crippen LogP contribution in [-0.2, 0) is 22.2 Å². The van der Waals surface area contributed by atoms with Crippen molar-refractivity contribution in [3.05, 3.63) is 59.7 Å². The van der Waals surface area contributed by atoms with E-state index in [1.165, 1.54) is 6.92 Å². The first-order valence-electron chi connectivity index (χ1n) is 8.11. The third-order valence-electron chi connectivity index (χ3n) is 3.60. The highest BCUT2D eigenvalue weighted by Gasteiger charge is 2.31. The van der Waals surface area contributed by atoms with Gasteiger partial charge in [0.05, 0.1) is 0 Å². The summed E-state index contributed by atoms with van der Waals surface area (Å²) in [5.41, 5.74) is 1.85. The molecule has 5 heteroatoms. The number of hydrogen-bond donors (Lipinski definition) is 0. The first-order valence-corrected chi connectivity index (χ1v) is 9.83. The molecule has 2 aromatic rings. The summed E-state index contributed by atoms with van der Waals surface area (Å²) >= 11 is 0. The Balaban J connectivity index is 2.35. The lowest BCUT2D eigenvalue weighted by atomic mass is 10.1. The van der Waals surface area contributed by atoms with Crippen LogP contribution in [-0.4, -0.2) is 11.9 Å². The molecule has 0 unspecified atom stereocenters. The SMILES string of the molecule is CCc1ccccc1OP(=O)(CC(C)=O)Oc1ccccc1CC. The van der Waals surface area contributed by atoms with Gasteiger partial charge in [-0.3, -0.25) is 4.79 Å². The Labute approximate surface area is 143 Å². The average Bonchev–Trinajstić information content (AvgIpc) is 2.54. The van der Waals surface area contributed by atoms with Crippen LogP contribution in [0.2, 0.25) is 0 Å². The van der Waals surface area contributed by atoms with Crippen LogP contribution in [0.1, 0.15) is 31.9 Å². The van der Waals surface area contributed by atoms with Gasteiger partial charge in [0, 0.05) is 0 Å². The average molecular weight is 346 g/mol. The van der Waals surface area contributed by atoms with Crippen LogP contribution < -0.4 is 9.05 Å². The third kappa shape index (κ3) is 4.72. The molecular formula is C19H23O4P. The van der Waals surface area contributed by atoms with Crippen molar-refractivity contribution in [2.45, 2.75) is 33.6 Å². The second-order valence-electron chi connectivity index (χ2n) is 5.58. The number of rotatable bonds is 8. The highest BCUT2D eigenvalue weighted by atomic mass is 31.2. The molecule has 0 aromatic heterocycles. The van der Waals surface area contributed by atoms with Gasteiger partial charge in [-0.1, -0.05) is 50.2 Å². The molecule has 4 nitrogen and oxygen atoms in total. The Morgan fingerprint density at radius 3 is 1.67 bits per heavy atom. The molecule has 0 aliphatic carbocycles. The van der Waals surface area contributed by atoms with Gasteiger partial charge in [-0.15, -0.1) is 0 Å². The summed E-state index contributed by atoms with van der Waals surface area (Å²) in [6.07, 6.45) is 1.21. The molecule has 0 aliphatic rings. The van der Waals surface area contributed by atoms with Gasteiger partial charge >= 0.3 is 7.60 Å². The zero-order chi connectivity index (χ0) is 17.6. The van der Waals surface area contributed by atoms with E-state index in [-0.39, 0.29) is 11.9 Å². The summed E-state index contributed by atoms with van der Waals surface area (Å²) in [5.74, 6) is 0.762. The summed E-state index contributed by atoms with van der Waals surface area (Å²) < 4.78 is 24.7. The van der Waals surface area contributed by atoms with E-state index in [9.17, 15) is 9.36 Å². The molecular weight excluding hydrogens is 323 g/mol. The molecule has 24 heavy (non-hydrogen) atoms. The number of ketones is 1. The number of para-hydroxylation sites is 2. The Morgan fingerprint density at radius 2 is 1.29 bits per heavy atom. The van der Waals surface area contributed by atoms with Crippen molar-refractivity contribution in [3.8, 4) is 11.5 Å². The van der Waals surface area contributed by atoms with E-state index in [0.717, 1.165) is 24.0 Å². The lowest BCUT2D eigenvalue weighted by molar-refractivity contribution is -0.114. The molecule has 2 rings (SSSR count). The smallest absolute Gasteiger partial charge is 0.415 e. The lowest BCUT2D eigenvalue weighted by Gasteiger charge is -2.21. The molecule has 0 bridgehead atoms. The fourth-order valence-corrected chi connectivity index (χ4v) is 4.09. The van der Waals surface area contributed by atoms with E-state index >= 15 is 0 Å². The molecule has 0 radical (unpaired) electrons. The Bertz CT molecular complexity index is 701. The highest BCUT2D eigenvalue weighted by molar-refractivity contribution is 7.55. The predicted molar refractivity (Wildman–Crippen MR) is 96.1 cm³/mol. The maximum atomic E-state index is 13.2. The van der Waals surface area contributed by atoms with E-state index in [4.69, 9.17) is 9.05 Å². The molecule has 0 heterocycles. The molecule has 128 valence electrons. The molecule has 0 amide bonds. The maximum absolute atomic E-state index is 13.2. The van der Waals surface area contributed by atoms with Gasteiger partial charge in [0.1, 0.15) is 23.4 Å². The minimum atomic E-state index is -3.65. The second kappa shape index (κ2) is 8.16. The van der Waals surface area contributed by atoms with Crippen molar-refractivity contribution < 1.29 is 18.4 Å². The number of hydrogen-bond acceptors (Lipinski definition) is 4. The molecule has 0 atom stereocenters. The van der Waals surface area contributed by atoms with Crippen LogP contribution in [0.15, 0.2) is 48.5 Å². The van der Waals surface area contributed by atoms with Crippen LogP contribution in [0.25, 0.3) is 0 Å². The minimum absolute atomic E-state index is 0.235. The molecule has 0 saturated carbocycles. The first kappa shape index (κ1) is 18.3. The van der Waals surface area contributed by atoms with E-state index < -0.39 is 7.60 Å². The van der Waals surface area contributed by atoms with E-state index in [1.54, 1.807) is 12.1 Å². The Morgan fingerprint density at radius 1 is 0.875 bits per heavy atom. The molecule has 0 aliphatic heterocycles. The topological polar surface area (TPSA) is 52.6 Å². The number of Topliss-reactive ketones (excluding diaryl/α,β-unsaturated/α-hetero) is 1. The second-order valence-corrected chi connectivity index (χ2v) is 7.48. The van der Waals surface area contributed by atoms with Gasteiger partial charge < -0.3 is 9.05 Å². The number of aryl methyl sites for hydroxylation is 2. The lowest BCUT2D eigenvalue weighted by Crippen LogP contribution is -2.12. The Hall–Kier alpha value is -2.06. The van der Waals surface area contributed by atoms with Crippen LogP contribution in [0.5, 0.6) is 11.5 Å². The highest BCUT2D eigenvalue weighted by Crippen LogP contribution is 2.49. The summed E-state index contributed by atoms with van der Waals surface area (Å²) in [7, 11) is -3.65. The zero-order valence-electron chi connectivity index (χ0n) is 14.3.